The van der Waals surface area contributed by atoms with E-state index in [0.717, 1.165) is 11.3 Å². The number of carbonyl (C=O) groups excluding carboxylic acids is 2. The average molecular weight is 421 g/mol. The summed E-state index contributed by atoms with van der Waals surface area (Å²) in [6.07, 6.45) is 2.32. The molecule has 162 valence electrons. The number of aromatic amines is 1. The van der Waals surface area contributed by atoms with Gasteiger partial charge in [0.25, 0.3) is 5.91 Å². The maximum atomic E-state index is 12.2. The predicted molar refractivity (Wildman–Crippen MR) is 119 cm³/mol. The van der Waals surface area contributed by atoms with Gasteiger partial charge in [-0.2, -0.15) is 0 Å². The van der Waals surface area contributed by atoms with Crippen LogP contribution in [0.25, 0.3) is 5.69 Å². The van der Waals surface area contributed by atoms with Crippen molar-refractivity contribution in [3.8, 4) is 5.69 Å². The Bertz CT molecular complexity index is 1090. The van der Waals surface area contributed by atoms with Crippen molar-refractivity contribution in [3.63, 3.8) is 0 Å². The minimum Gasteiger partial charge on any atom is -0.452 e. The molecular formula is C24H27N3O4. The van der Waals surface area contributed by atoms with Crippen molar-refractivity contribution in [2.75, 3.05) is 13.2 Å². The Morgan fingerprint density at radius 1 is 1.06 bits per heavy atom. The van der Waals surface area contributed by atoms with Gasteiger partial charge < -0.3 is 15.0 Å². The number of rotatable bonds is 8. The zero-order valence-corrected chi connectivity index (χ0v) is 18.0. The molecule has 0 saturated carbocycles. The number of nitrogens with zero attached hydrogens (tertiary/aromatic N) is 1. The van der Waals surface area contributed by atoms with E-state index in [1.54, 1.807) is 37.4 Å². The van der Waals surface area contributed by atoms with E-state index in [1.165, 1.54) is 10.1 Å². The van der Waals surface area contributed by atoms with Crippen LogP contribution in [0.3, 0.4) is 0 Å². The number of aromatic nitrogens is 2. The summed E-state index contributed by atoms with van der Waals surface area (Å²) >= 11 is 0. The van der Waals surface area contributed by atoms with Gasteiger partial charge in [-0.1, -0.05) is 38.1 Å². The number of esters is 1. The van der Waals surface area contributed by atoms with Crippen LogP contribution in [0.4, 0.5) is 0 Å². The lowest BCUT2D eigenvalue weighted by molar-refractivity contribution is -0.124. The van der Waals surface area contributed by atoms with E-state index in [-0.39, 0.29) is 18.2 Å². The second-order valence-corrected chi connectivity index (χ2v) is 7.69. The van der Waals surface area contributed by atoms with Crippen molar-refractivity contribution in [1.82, 2.24) is 14.9 Å². The highest BCUT2D eigenvalue weighted by Gasteiger charge is 2.11. The molecule has 1 aromatic heterocycles. The van der Waals surface area contributed by atoms with Gasteiger partial charge in [0.2, 0.25) is 0 Å². The Balaban J connectivity index is 1.44. The number of carbonyl (C=O) groups is 2. The van der Waals surface area contributed by atoms with E-state index in [2.05, 4.69) is 48.4 Å². The number of ether oxygens (including phenoxy) is 1. The summed E-state index contributed by atoms with van der Waals surface area (Å²) in [5, 5.41) is 2.76. The summed E-state index contributed by atoms with van der Waals surface area (Å²) in [6.45, 7) is 6.23. The maximum absolute atomic E-state index is 12.2. The monoisotopic (exact) mass is 421 g/mol. The van der Waals surface area contributed by atoms with Crippen LogP contribution in [0, 0.1) is 6.92 Å². The molecular weight excluding hydrogens is 394 g/mol. The van der Waals surface area contributed by atoms with E-state index in [0.29, 0.717) is 30.1 Å². The lowest BCUT2D eigenvalue weighted by Crippen LogP contribution is -2.30. The Kier molecular flexibility index (Phi) is 7.07. The van der Waals surface area contributed by atoms with E-state index < -0.39 is 5.97 Å². The number of H-pyrrole nitrogens is 1. The van der Waals surface area contributed by atoms with Gasteiger partial charge in [-0.15, -0.1) is 0 Å². The minimum absolute atomic E-state index is 0.250. The molecule has 0 radical (unpaired) electrons. The Morgan fingerprint density at radius 2 is 1.74 bits per heavy atom. The van der Waals surface area contributed by atoms with Crippen LogP contribution < -0.4 is 11.0 Å². The maximum Gasteiger partial charge on any atom is 0.338 e. The van der Waals surface area contributed by atoms with Crippen molar-refractivity contribution in [2.24, 2.45) is 0 Å². The van der Waals surface area contributed by atoms with Gasteiger partial charge in [0.1, 0.15) is 0 Å². The molecule has 0 atom stereocenters. The highest BCUT2D eigenvalue weighted by Crippen LogP contribution is 2.15. The van der Waals surface area contributed by atoms with Crippen LogP contribution in [0.5, 0.6) is 0 Å². The van der Waals surface area contributed by atoms with Gasteiger partial charge in [-0.05, 0) is 54.7 Å². The molecule has 0 unspecified atom stereocenters. The second kappa shape index (κ2) is 9.93. The third kappa shape index (κ3) is 5.72. The lowest BCUT2D eigenvalue weighted by atomic mass is 10.0. The van der Waals surface area contributed by atoms with Crippen LogP contribution in [0.2, 0.25) is 0 Å². The van der Waals surface area contributed by atoms with Crippen LogP contribution in [-0.4, -0.2) is 34.6 Å². The van der Waals surface area contributed by atoms with Crippen molar-refractivity contribution in [3.05, 3.63) is 87.6 Å². The van der Waals surface area contributed by atoms with Gasteiger partial charge in [-0.3, -0.25) is 9.36 Å². The molecule has 0 spiro atoms. The number of aryl methyl sites for hydroxylation is 1. The third-order valence-corrected chi connectivity index (χ3v) is 5.04. The minimum atomic E-state index is -0.593. The number of benzene rings is 2. The molecule has 1 amide bonds. The van der Waals surface area contributed by atoms with E-state index in [4.69, 9.17) is 4.74 Å². The Labute approximate surface area is 181 Å². The molecule has 0 fully saturated rings. The van der Waals surface area contributed by atoms with Crippen molar-refractivity contribution < 1.29 is 14.3 Å². The summed E-state index contributed by atoms with van der Waals surface area (Å²) in [4.78, 5) is 38.6. The summed E-state index contributed by atoms with van der Waals surface area (Å²) in [5.41, 5.74) is 3.87. The molecule has 3 rings (SSSR count). The highest BCUT2D eigenvalue weighted by molar-refractivity contribution is 5.91. The number of hydrogen-bond donors (Lipinski definition) is 2. The van der Waals surface area contributed by atoms with Crippen molar-refractivity contribution in [1.29, 1.82) is 0 Å². The van der Waals surface area contributed by atoms with Crippen LogP contribution >= 0.6 is 0 Å². The fraction of sp³-hybridized carbons (Fsp3) is 0.292. The highest BCUT2D eigenvalue weighted by atomic mass is 16.5. The van der Waals surface area contributed by atoms with Gasteiger partial charge in [-0.25, -0.2) is 9.59 Å². The number of amides is 1. The van der Waals surface area contributed by atoms with Gasteiger partial charge in [0.15, 0.2) is 6.61 Å². The van der Waals surface area contributed by atoms with E-state index in [9.17, 15) is 14.4 Å². The van der Waals surface area contributed by atoms with Crippen LogP contribution in [0.15, 0.2) is 59.5 Å². The zero-order chi connectivity index (χ0) is 22.4. The van der Waals surface area contributed by atoms with E-state index in [1.807, 2.05) is 0 Å². The molecule has 7 nitrogen and oxygen atoms in total. The van der Waals surface area contributed by atoms with Crippen LogP contribution in [-0.2, 0) is 16.0 Å². The molecule has 0 bridgehead atoms. The first kappa shape index (κ1) is 22.1. The molecule has 3 aromatic rings. The normalized spacial score (nSPS) is 10.8. The third-order valence-electron chi connectivity index (χ3n) is 5.04. The molecule has 0 aliphatic rings. The SMILES string of the molecule is Cc1c[nH]c(=O)n1-c1ccc(C(=O)OCC(=O)NCCc2ccc(C(C)C)cc2)cc1. The quantitative estimate of drug-likeness (QED) is 0.547. The summed E-state index contributed by atoms with van der Waals surface area (Å²) in [7, 11) is 0. The van der Waals surface area contributed by atoms with Crippen molar-refractivity contribution in [2.45, 2.75) is 33.1 Å². The predicted octanol–water partition coefficient (Wildman–Crippen LogP) is 3.11. The number of hydrogen-bond acceptors (Lipinski definition) is 4. The second-order valence-electron chi connectivity index (χ2n) is 7.69. The molecule has 7 heteroatoms. The zero-order valence-electron chi connectivity index (χ0n) is 18.0. The van der Waals surface area contributed by atoms with Gasteiger partial charge in [0.05, 0.1) is 11.3 Å². The van der Waals surface area contributed by atoms with E-state index >= 15 is 0 Å². The molecule has 2 aromatic carbocycles. The van der Waals surface area contributed by atoms with Crippen molar-refractivity contribution >= 4 is 11.9 Å². The molecule has 31 heavy (non-hydrogen) atoms. The molecule has 2 N–H and O–H groups in total. The van der Waals surface area contributed by atoms with Gasteiger partial charge >= 0.3 is 11.7 Å². The first-order valence-electron chi connectivity index (χ1n) is 10.3. The Morgan fingerprint density at radius 3 is 2.32 bits per heavy atom. The lowest BCUT2D eigenvalue weighted by Gasteiger charge is -2.09. The van der Waals surface area contributed by atoms with Crippen LogP contribution in [0.1, 0.15) is 46.9 Å². The molecule has 0 aliphatic carbocycles. The largest absolute Gasteiger partial charge is 0.452 e. The summed E-state index contributed by atoms with van der Waals surface area (Å²) < 4.78 is 6.59. The molecule has 0 aliphatic heterocycles. The topological polar surface area (TPSA) is 93.2 Å². The fourth-order valence-electron chi connectivity index (χ4n) is 3.20. The van der Waals surface area contributed by atoms with Gasteiger partial charge in [0, 0.05) is 18.4 Å². The Hall–Kier alpha value is -3.61. The first-order chi connectivity index (χ1) is 14.8. The molecule has 1 heterocycles. The number of nitrogens with one attached hydrogen (secondary N) is 2. The molecule has 0 saturated heterocycles. The first-order valence-corrected chi connectivity index (χ1v) is 10.3. The summed E-state index contributed by atoms with van der Waals surface area (Å²) in [5.74, 6) is -0.456. The summed E-state index contributed by atoms with van der Waals surface area (Å²) in [6, 6.07) is 14.8. The smallest absolute Gasteiger partial charge is 0.338 e. The fourth-order valence-corrected chi connectivity index (χ4v) is 3.20. The number of imidazole rings is 1. The average Bonchev–Trinajstić information content (AvgIpc) is 3.10. The standard InChI is InChI=1S/C24H27N3O4/c1-16(2)19-6-4-18(5-7-19)12-13-25-22(28)15-31-23(29)20-8-10-21(11-9-20)27-17(3)14-26-24(27)30/h4-11,14,16H,12-13,15H2,1-3H3,(H,25,28)(H,26,30).